The molecule has 0 fully saturated rings. The smallest absolute Gasteiger partial charge is 0.271 e. The summed E-state index contributed by atoms with van der Waals surface area (Å²) in [5, 5.41) is 10.5. The molecule has 1 aromatic heterocycles. The third kappa shape index (κ3) is 4.35. The van der Waals surface area contributed by atoms with Crippen molar-refractivity contribution in [2.45, 2.75) is 33.1 Å². The topological polar surface area (TPSA) is 74.3 Å². The average Bonchev–Trinajstić information content (AvgIpc) is 3.18. The number of rotatable bonds is 6. The zero-order valence-electron chi connectivity index (χ0n) is 16.7. The summed E-state index contributed by atoms with van der Waals surface area (Å²) in [6, 6.07) is 10.4. The van der Waals surface area contributed by atoms with Gasteiger partial charge in [-0.25, -0.2) is 0 Å². The lowest BCUT2D eigenvalue weighted by Gasteiger charge is -2.27. The van der Waals surface area contributed by atoms with Gasteiger partial charge in [0.25, 0.3) is 11.8 Å². The van der Waals surface area contributed by atoms with E-state index in [0.717, 1.165) is 17.7 Å². The molecule has 0 saturated carbocycles. The molecule has 30 heavy (non-hydrogen) atoms. The predicted molar refractivity (Wildman–Crippen MR) is 117 cm³/mol. The van der Waals surface area contributed by atoms with Gasteiger partial charge in [0.2, 0.25) is 0 Å². The Hall–Kier alpha value is -2.81. The maximum absolute atomic E-state index is 13.0. The first-order chi connectivity index (χ1) is 14.4. The second-order valence-corrected chi connectivity index (χ2v) is 7.81. The molecule has 7 heteroatoms. The number of carbonyl (C=O) groups is 2. The molecule has 2 amide bonds. The van der Waals surface area contributed by atoms with Crippen molar-refractivity contribution in [3.8, 4) is 17.4 Å². The predicted octanol–water partition coefficient (Wildman–Crippen LogP) is 6.04. The summed E-state index contributed by atoms with van der Waals surface area (Å²) in [5.41, 5.74) is 1.21. The van der Waals surface area contributed by atoms with Crippen LogP contribution in [0.15, 0.2) is 51.5 Å². The van der Waals surface area contributed by atoms with Crippen LogP contribution in [0.5, 0.6) is 0 Å². The number of amides is 2. The van der Waals surface area contributed by atoms with Crippen molar-refractivity contribution in [2.75, 3.05) is 6.54 Å². The Kier molecular flexibility index (Phi) is 6.81. The third-order valence-electron chi connectivity index (χ3n) is 4.92. The Morgan fingerprint density at radius 2 is 1.90 bits per heavy atom. The van der Waals surface area contributed by atoms with Gasteiger partial charge in [0.15, 0.2) is 0 Å². The Bertz CT molecular complexity index is 1110. The number of nitriles is 1. The molecule has 3 rings (SSSR count). The highest BCUT2D eigenvalue weighted by Gasteiger charge is 2.35. The minimum atomic E-state index is -0.543. The highest BCUT2D eigenvalue weighted by atomic mass is 35.5. The summed E-state index contributed by atoms with van der Waals surface area (Å²) in [7, 11) is 0. The summed E-state index contributed by atoms with van der Waals surface area (Å²) in [5.74, 6) is -0.0649. The van der Waals surface area contributed by atoms with E-state index in [1.807, 2.05) is 13.0 Å². The van der Waals surface area contributed by atoms with Gasteiger partial charge < -0.3 is 4.42 Å². The molecular formula is C23H20Cl2N2O3. The van der Waals surface area contributed by atoms with E-state index in [-0.39, 0.29) is 17.7 Å². The Labute approximate surface area is 185 Å². The molecule has 1 aliphatic heterocycles. The van der Waals surface area contributed by atoms with Crippen LogP contribution in [-0.4, -0.2) is 23.3 Å². The second-order valence-electron chi connectivity index (χ2n) is 6.97. The van der Waals surface area contributed by atoms with E-state index in [1.54, 1.807) is 43.3 Å². The lowest BCUT2D eigenvalue weighted by molar-refractivity contribution is -0.140. The average molecular weight is 443 g/mol. The number of nitrogens with zero attached hydrogens (tertiary/aromatic N) is 2. The van der Waals surface area contributed by atoms with Crippen LogP contribution in [0.1, 0.15) is 38.9 Å². The quantitative estimate of drug-likeness (QED) is 0.310. The number of furan rings is 1. The summed E-state index contributed by atoms with van der Waals surface area (Å²) >= 11 is 12.3. The number of hydrogen-bond acceptors (Lipinski definition) is 4. The fourth-order valence-corrected chi connectivity index (χ4v) is 3.64. The molecule has 0 unspecified atom stereocenters. The van der Waals surface area contributed by atoms with Crippen LogP contribution in [0, 0.1) is 11.3 Å². The molecule has 0 saturated heterocycles. The number of carbonyl (C=O) groups excluding carboxylic acids is 2. The van der Waals surface area contributed by atoms with Gasteiger partial charge in [0, 0.05) is 22.7 Å². The van der Waals surface area contributed by atoms with Gasteiger partial charge in [0.1, 0.15) is 23.2 Å². The van der Waals surface area contributed by atoms with E-state index in [2.05, 4.69) is 0 Å². The van der Waals surface area contributed by atoms with Crippen LogP contribution in [0.3, 0.4) is 0 Å². The van der Waals surface area contributed by atoms with Gasteiger partial charge in [0.05, 0.1) is 5.02 Å². The van der Waals surface area contributed by atoms with Crippen LogP contribution in [0.25, 0.3) is 17.4 Å². The van der Waals surface area contributed by atoms with Gasteiger partial charge in [-0.2, -0.15) is 5.26 Å². The minimum absolute atomic E-state index is 0.0259. The maximum atomic E-state index is 13.0. The number of unbranched alkanes of at least 4 members (excludes halogenated alkanes) is 2. The van der Waals surface area contributed by atoms with Crippen molar-refractivity contribution in [2.24, 2.45) is 0 Å². The second kappa shape index (κ2) is 9.34. The van der Waals surface area contributed by atoms with Crippen molar-refractivity contribution in [1.29, 1.82) is 5.26 Å². The summed E-state index contributed by atoms with van der Waals surface area (Å²) < 4.78 is 5.85. The summed E-state index contributed by atoms with van der Waals surface area (Å²) in [6.07, 6.45) is 4.09. The third-order valence-corrected chi connectivity index (χ3v) is 5.48. The molecule has 0 radical (unpaired) electrons. The van der Waals surface area contributed by atoms with Crippen LogP contribution < -0.4 is 0 Å². The van der Waals surface area contributed by atoms with Gasteiger partial charge in [-0.15, -0.1) is 0 Å². The number of imide groups is 1. The van der Waals surface area contributed by atoms with Crippen molar-refractivity contribution < 1.29 is 14.0 Å². The van der Waals surface area contributed by atoms with Gasteiger partial charge in [-0.1, -0.05) is 43.0 Å². The Balaban J connectivity index is 1.99. The van der Waals surface area contributed by atoms with E-state index in [9.17, 15) is 14.9 Å². The lowest BCUT2D eigenvalue weighted by Crippen LogP contribution is -2.43. The fourth-order valence-electron chi connectivity index (χ4n) is 3.26. The zero-order valence-corrected chi connectivity index (χ0v) is 18.2. The largest absolute Gasteiger partial charge is 0.457 e. The molecule has 0 bridgehead atoms. The number of hydrogen-bond donors (Lipinski definition) is 0. The Morgan fingerprint density at radius 3 is 2.60 bits per heavy atom. The van der Waals surface area contributed by atoms with Crippen molar-refractivity contribution >= 4 is 41.1 Å². The monoisotopic (exact) mass is 442 g/mol. The van der Waals surface area contributed by atoms with Gasteiger partial charge >= 0.3 is 0 Å². The van der Waals surface area contributed by atoms with Crippen molar-refractivity contribution in [1.82, 2.24) is 4.90 Å². The van der Waals surface area contributed by atoms with Gasteiger partial charge in [-0.3, -0.25) is 14.5 Å². The van der Waals surface area contributed by atoms with E-state index < -0.39 is 11.8 Å². The molecule has 1 aliphatic rings. The molecule has 5 nitrogen and oxygen atoms in total. The number of benzene rings is 1. The summed E-state index contributed by atoms with van der Waals surface area (Å²) in [4.78, 5) is 26.7. The minimum Gasteiger partial charge on any atom is -0.457 e. The molecule has 0 spiro atoms. The van der Waals surface area contributed by atoms with Crippen LogP contribution >= 0.6 is 23.2 Å². The molecule has 2 heterocycles. The SMILES string of the molecule is CCCCCN1C(=O)C(C#N)=C(C)/C(=C\c2ccc(-c3cc(Cl)ccc3Cl)o2)C1=O. The first-order valence-electron chi connectivity index (χ1n) is 9.61. The molecule has 2 aromatic rings. The fraction of sp³-hybridized carbons (Fsp3) is 0.261. The van der Waals surface area contributed by atoms with Gasteiger partial charge in [-0.05, 0) is 55.3 Å². The van der Waals surface area contributed by atoms with Crippen LogP contribution in [0.4, 0.5) is 0 Å². The molecular weight excluding hydrogens is 423 g/mol. The molecule has 1 aromatic carbocycles. The first-order valence-corrected chi connectivity index (χ1v) is 10.4. The van der Waals surface area contributed by atoms with E-state index in [4.69, 9.17) is 27.6 Å². The van der Waals surface area contributed by atoms with E-state index >= 15 is 0 Å². The van der Waals surface area contributed by atoms with Crippen LogP contribution in [-0.2, 0) is 9.59 Å². The lowest BCUT2D eigenvalue weighted by atomic mass is 9.94. The van der Waals surface area contributed by atoms with E-state index in [1.165, 1.54) is 0 Å². The molecule has 0 atom stereocenters. The Morgan fingerprint density at radius 1 is 1.13 bits per heavy atom. The number of halogens is 2. The molecule has 154 valence electrons. The molecule has 0 aliphatic carbocycles. The highest BCUT2D eigenvalue weighted by molar-refractivity contribution is 6.35. The molecule has 0 N–H and O–H groups in total. The maximum Gasteiger partial charge on any atom is 0.271 e. The standard InChI is InChI=1S/C23H20Cl2N2O3/c1-3-4-5-10-27-22(28)17(14(2)19(13-26)23(27)29)12-16-7-9-21(30-16)18-11-15(24)6-8-20(18)25/h6-9,11-12H,3-5,10H2,1-2H3/b17-12+. The summed E-state index contributed by atoms with van der Waals surface area (Å²) in [6.45, 7) is 3.92. The van der Waals surface area contributed by atoms with Crippen molar-refractivity contribution in [3.63, 3.8) is 0 Å². The zero-order chi connectivity index (χ0) is 21.8. The van der Waals surface area contributed by atoms with E-state index in [0.29, 0.717) is 39.1 Å². The van der Waals surface area contributed by atoms with Crippen LogP contribution in [0.2, 0.25) is 10.0 Å². The first kappa shape index (κ1) is 21.9. The normalized spacial score (nSPS) is 15.8. The highest BCUT2D eigenvalue weighted by Crippen LogP contribution is 2.33. The van der Waals surface area contributed by atoms with Crippen molar-refractivity contribution in [3.05, 3.63) is 62.9 Å².